The predicted octanol–water partition coefficient (Wildman–Crippen LogP) is 2.09. The number of carbonyl (C=O) groups excluding carboxylic acids is 2. The van der Waals surface area contributed by atoms with Crippen LogP contribution in [0.25, 0.3) is 0 Å². The summed E-state index contributed by atoms with van der Waals surface area (Å²) in [6.45, 7) is 3.75. The van der Waals surface area contributed by atoms with Gasteiger partial charge in [0.05, 0.1) is 6.10 Å². The molecule has 0 aliphatic heterocycles. The van der Waals surface area contributed by atoms with Gasteiger partial charge >= 0.3 is 11.8 Å². The quantitative estimate of drug-likeness (QED) is 0.757. The highest BCUT2D eigenvalue weighted by molar-refractivity contribution is 6.39. The van der Waals surface area contributed by atoms with E-state index in [9.17, 15) is 14.7 Å². The van der Waals surface area contributed by atoms with Crippen molar-refractivity contribution < 1.29 is 14.7 Å². The molecule has 2 aromatic rings. The van der Waals surface area contributed by atoms with Crippen molar-refractivity contribution in [3.63, 3.8) is 0 Å². The van der Waals surface area contributed by atoms with Crippen LogP contribution in [0, 0.1) is 13.8 Å². The number of rotatable bonds is 4. The molecule has 5 nitrogen and oxygen atoms in total. The zero-order valence-electron chi connectivity index (χ0n) is 13.2. The van der Waals surface area contributed by atoms with Gasteiger partial charge < -0.3 is 15.7 Å². The lowest BCUT2D eigenvalue weighted by Crippen LogP contribution is -2.37. The van der Waals surface area contributed by atoms with Crippen LogP contribution < -0.4 is 10.6 Å². The Bertz CT molecular complexity index is 713. The van der Waals surface area contributed by atoms with E-state index in [0.717, 1.165) is 16.7 Å². The van der Waals surface area contributed by atoms with Crippen LogP contribution in [0.4, 0.5) is 5.69 Å². The number of hydrogen-bond acceptors (Lipinski definition) is 3. The first-order chi connectivity index (χ1) is 11.0. The topological polar surface area (TPSA) is 78.4 Å². The first-order valence-corrected chi connectivity index (χ1v) is 7.37. The molecule has 0 radical (unpaired) electrons. The Hall–Kier alpha value is -2.66. The molecule has 2 amide bonds. The molecular weight excluding hydrogens is 292 g/mol. The van der Waals surface area contributed by atoms with Gasteiger partial charge in [0.15, 0.2) is 0 Å². The number of benzene rings is 2. The number of nitrogens with one attached hydrogen (secondary N) is 2. The van der Waals surface area contributed by atoms with Gasteiger partial charge in [-0.25, -0.2) is 0 Å². The summed E-state index contributed by atoms with van der Waals surface area (Å²) < 4.78 is 0. The van der Waals surface area contributed by atoms with Crippen molar-refractivity contribution in [2.45, 2.75) is 20.0 Å². The van der Waals surface area contributed by atoms with Crippen LogP contribution in [0.1, 0.15) is 22.8 Å². The molecule has 0 spiro atoms. The maximum atomic E-state index is 11.8. The van der Waals surface area contributed by atoms with E-state index < -0.39 is 17.9 Å². The number of aryl methyl sites for hydroxylation is 2. The largest absolute Gasteiger partial charge is 0.387 e. The molecule has 0 bridgehead atoms. The molecule has 2 aromatic carbocycles. The highest BCUT2D eigenvalue weighted by atomic mass is 16.3. The van der Waals surface area contributed by atoms with Crippen LogP contribution in [-0.2, 0) is 9.59 Å². The zero-order valence-corrected chi connectivity index (χ0v) is 13.2. The monoisotopic (exact) mass is 312 g/mol. The maximum absolute atomic E-state index is 11.8. The summed E-state index contributed by atoms with van der Waals surface area (Å²) in [7, 11) is 0. The fourth-order valence-corrected chi connectivity index (χ4v) is 2.25. The molecule has 3 N–H and O–H groups in total. The number of aliphatic hydroxyl groups excluding tert-OH is 1. The van der Waals surface area contributed by atoms with E-state index >= 15 is 0 Å². The Kier molecular flexibility index (Phi) is 5.49. The fourth-order valence-electron chi connectivity index (χ4n) is 2.25. The van der Waals surface area contributed by atoms with Crippen LogP contribution in [0.3, 0.4) is 0 Å². The molecule has 1 atom stereocenters. The highest BCUT2D eigenvalue weighted by Gasteiger charge is 2.16. The van der Waals surface area contributed by atoms with E-state index in [1.54, 1.807) is 24.3 Å². The summed E-state index contributed by atoms with van der Waals surface area (Å²) in [6.07, 6.45) is -0.855. The lowest BCUT2D eigenvalue weighted by atomic mass is 10.0. The zero-order chi connectivity index (χ0) is 16.8. The standard InChI is InChI=1S/C18H20N2O3/c1-12-6-5-8-14(10-12)20-18(23)17(22)19-11-16(21)15-9-4-3-7-13(15)2/h3-10,16,21H,11H2,1-2H3,(H,19,22)(H,20,23). The molecule has 5 heteroatoms. The molecule has 0 aliphatic rings. The Labute approximate surface area is 135 Å². The normalized spacial score (nSPS) is 11.6. The van der Waals surface area contributed by atoms with Crippen molar-refractivity contribution in [2.75, 3.05) is 11.9 Å². The number of carbonyl (C=O) groups is 2. The minimum Gasteiger partial charge on any atom is -0.387 e. The lowest BCUT2D eigenvalue weighted by Gasteiger charge is -2.14. The first-order valence-electron chi connectivity index (χ1n) is 7.37. The van der Waals surface area contributed by atoms with Gasteiger partial charge in [-0.05, 0) is 42.7 Å². The van der Waals surface area contributed by atoms with Crippen LogP contribution in [0.5, 0.6) is 0 Å². The molecule has 0 aromatic heterocycles. The van der Waals surface area contributed by atoms with Crippen LogP contribution in [0.15, 0.2) is 48.5 Å². The van der Waals surface area contributed by atoms with Gasteiger partial charge in [-0.2, -0.15) is 0 Å². The Balaban J connectivity index is 1.89. The summed E-state index contributed by atoms with van der Waals surface area (Å²) in [4.78, 5) is 23.7. The molecule has 1 unspecified atom stereocenters. The predicted molar refractivity (Wildman–Crippen MR) is 89.0 cm³/mol. The molecule has 23 heavy (non-hydrogen) atoms. The van der Waals surface area contributed by atoms with Gasteiger partial charge in [0, 0.05) is 12.2 Å². The minimum atomic E-state index is -0.855. The summed E-state index contributed by atoms with van der Waals surface area (Å²) in [5.41, 5.74) is 3.20. The molecule has 0 saturated heterocycles. The second-order valence-electron chi connectivity index (χ2n) is 5.41. The van der Waals surface area contributed by atoms with Gasteiger partial charge in [0.25, 0.3) is 0 Å². The Morgan fingerprint density at radius 3 is 2.48 bits per heavy atom. The van der Waals surface area contributed by atoms with Gasteiger partial charge in [-0.3, -0.25) is 9.59 Å². The summed E-state index contributed by atoms with van der Waals surface area (Å²) in [5.74, 6) is -1.54. The van der Waals surface area contributed by atoms with Gasteiger partial charge in [-0.15, -0.1) is 0 Å². The Morgan fingerprint density at radius 2 is 1.78 bits per heavy atom. The van der Waals surface area contributed by atoms with Crippen molar-refractivity contribution >= 4 is 17.5 Å². The Morgan fingerprint density at radius 1 is 1.04 bits per heavy atom. The highest BCUT2D eigenvalue weighted by Crippen LogP contribution is 2.16. The SMILES string of the molecule is Cc1cccc(NC(=O)C(=O)NCC(O)c2ccccc2C)c1. The summed E-state index contributed by atoms with van der Waals surface area (Å²) in [5, 5.41) is 15.1. The molecular formula is C18H20N2O3. The van der Waals surface area contributed by atoms with Crippen molar-refractivity contribution in [3.05, 3.63) is 65.2 Å². The summed E-state index contributed by atoms with van der Waals surface area (Å²) >= 11 is 0. The second-order valence-corrected chi connectivity index (χ2v) is 5.41. The van der Waals surface area contributed by atoms with Gasteiger partial charge in [0.2, 0.25) is 0 Å². The molecule has 0 heterocycles. The average Bonchev–Trinajstić information content (AvgIpc) is 2.52. The van der Waals surface area contributed by atoms with E-state index in [2.05, 4.69) is 10.6 Å². The molecule has 2 rings (SSSR count). The van der Waals surface area contributed by atoms with Crippen molar-refractivity contribution in [3.8, 4) is 0 Å². The molecule has 120 valence electrons. The van der Waals surface area contributed by atoms with Crippen LogP contribution in [0.2, 0.25) is 0 Å². The number of amides is 2. The third-order valence-corrected chi connectivity index (χ3v) is 3.49. The van der Waals surface area contributed by atoms with Crippen LogP contribution in [-0.4, -0.2) is 23.5 Å². The van der Waals surface area contributed by atoms with E-state index in [0.29, 0.717) is 5.69 Å². The van der Waals surface area contributed by atoms with E-state index in [1.165, 1.54) is 0 Å². The van der Waals surface area contributed by atoms with Gasteiger partial charge in [-0.1, -0.05) is 36.4 Å². The van der Waals surface area contributed by atoms with Crippen molar-refractivity contribution in [1.29, 1.82) is 0 Å². The number of anilines is 1. The lowest BCUT2D eigenvalue weighted by molar-refractivity contribution is -0.136. The minimum absolute atomic E-state index is 0.0229. The number of aliphatic hydroxyl groups is 1. The summed E-state index contributed by atoms with van der Waals surface area (Å²) in [6, 6.07) is 14.5. The third kappa shape index (κ3) is 4.66. The van der Waals surface area contributed by atoms with Crippen molar-refractivity contribution in [1.82, 2.24) is 5.32 Å². The number of hydrogen-bond donors (Lipinski definition) is 3. The van der Waals surface area contributed by atoms with Crippen LogP contribution >= 0.6 is 0 Å². The average molecular weight is 312 g/mol. The smallest absolute Gasteiger partial charge is 0.313 e. The molecule has 0 saturated carbocycles. The van der Waals surface area contributed by atoms with Gasteiger partial charge in [0.1, 0.15) is 0 Å². The van der Waals surface area contributed by atoms with Crippen molar-refractivity contribution in [2.24, 2.45) is 0 Å². The molecule has 0 fully saturated rings. The maximum Gasteiger partial charge on any atom is 0.313 e. The van der Waals surface area contributed by atoms with E-state index in [4.69, 9.17) is 0 Å². The first kappa shape index (κ1) is 16.7. The molecule has 0 aliphatic carbocycles. The third-order valence-electron chi connectivity index (χ3n) is 3.49. The van der Waals surface area contributed by atoms with E-state index in [-0.39, 0.29) is 6.54 Å². The second kappa shape index (κ2) is 7.56. The fraction of sp³-hybridized carbons (Fsp3) is 0.222. The van der Waals surface area contributed by atoms with E-state index in [1.807, 2.05) is 38.1 Å².